The molecule has 214 valence electrons. The van der Waals surface area contributed by atoms with Crippen molar-refractivity contribution in [2.45, 2.75) is 44.7 Å². The topological polar surface area (TPSA) is 97.0 Å². The molecule has 0 aliphatic carbocycles. The number of benzene rings is 2. The number of likely N-dealkylation sites (tertiary alicyclic amines) is 1. The molecule has 1 unspecified atom stereocenters. The van der Waals surface area contributed by atoms with Crippen LogP contribution in [0.4, 0.5) is 13.2 Å². The maximum atomic E-state index is 13.8. The fourth-order valence-corrected chi connectivity index (χ4v) is 5.93. The van der Waals surface area contributed by atoms with Crippen LogP contribution < -0.4 is 15.4 Å². The molecule has 2 fully saturated rings. The van der Waals surface area contributed by atoms with Crippen LogP contribution in [-0.2, 0) is 38.4 Å². The van der Waals surface area contributed by atoms with Crippen LogP contribution in [-0.4, -0.2) is 67.6 Å². The molecule has 3 aliphatic heterocycles. The van der Waals surface area contributed by atoms with E-state index in [1.165, 1.54) is 6.92 Å². The number of carbonyl (C=O) groups excluding carboxylic acids is 3. The van der Waals surface area contributed by atoms with Gasteiger partial charge in [-0.1, -0.05) is 12.1 Å². The molecular formula is C29H32F3N3O5. The van der Waals surface area contributed by atoms with Crippen LogP contribution in [0.3, 0.4) is 0 Å². The number of fused-ring (bicyclic) bond motifs is 3. The molecule has 2 aromatic rings. The van der Waals surface area contributed by atoms with Crippen LogP contribution in [0.5, 0.6) is 5.75 Å². The predicted molar refractivity (Wildman–Crippen MR) is 138 cm³/mol. The Hall–Kier alpha value is -3.60. The molecule has 3 amide bonds. The first-order chi connectivity index (χ1) is 19.2. The van der Waals surface area contributed by atoms with Crippen molar-refractivity contribution in [1.82, 2.24) is 15.5 Å². The molecule has 0 aromatic heterocycles. The van der Waals surface area contributed by atoms with E-state index in [1.807, 2.05) is 18.2 Å². The molecule has 40 heavy (non-hydrogen) atoms. The number of ether oxygens (including phenoxy) is 2. The van der Waals surface area contributed by atoms with E-state index in [0.29, 0.717) is 19.8 Å². The summed E-state index contributed by atoms with van der Waals surface area (Å²) in [6, 6.07) is 6.18. The highest BCUT2D eigenvalue weighted by atomic mass is 19.2. The minimum atomic E-state index is -1.59. The molecule has 11 heteroatoms. The quantitative estimate of drug-likeness (QED) is 0.508. The fourth-order valence-electron chi connectivity index (χ4n) is 5.93. The van der Waals surface area contributed by atoms with Gasteiger partial charge in [-0.3, -0.25) is 14.4 Å². The van der Waals surface area contributed by atoms with E-state index in [-0.39, 0.29) is 55.3 Å². The van der Waals surface area contributed by atoms with E-state index in [1.54, 1.807) is 4.90 Å². The van der Waals surface area contributed by atoms with Crippen LogP contribution in [0.15, 0.2) is 30.3 Å². The fraction of sp³-hybridized carbons (Fsp3) is 0.483. The van der Waals surface area contributed by atoms with Crippen molar-refractivity contribution in [3.63, 3.8) is 0 Å². The Balaban J connectivity index is 1.24. The largest absolute Gasteiger partial charge is 0.493 e. The average Bonchev–Trinajstić information content (AvgIpc) is 2.90. The van der Waals surface area contributed by atoms with Gasteiger partial charge in [-0.05, 0) is 47.7 Å². The number of piperidine rings is 1. The van der Waals surface area contributed by atoms with Crippen molar-refractivity contribution in [2.24, 2.45) is 11.8 Å². The Kier molecular flexibility index (Phi) is 8.30. The Labute approximate surface area is 230 Å². The lowest BCUT2D eigenvalue weighted by molar-refractivity contribution is -0.145. The second-order valence-corrected chi connectivity index (χ2v) is 10.8. The minimum Gasteiger partial charge on any atom is -0.493 e. The number of hydrogen-bond acceptors (Lipinski definition) is 5. The molecule has 3 aliphatic rings. The summed E-state index contributed by atoms with van der Waals surface area (Å²) < 4.78 is 52.3. The normalized spacial score (nSPS) is 22.5. The first-order valence-corrected chi connectivity index (χ1v) is 13.5. The third kappa shape index (κ3) is 6.24. The smallest absolute Gasteiger partial charge is 0.245 e. The van der Waals surface area contributed by atoms with Gasteiger partial charge in [-0.2, -0.15) is 0 Å². The molecule has 3 heterocycles. The molecule has 0 spiro atoms. The number of hydrogen-bond donors (Lipinski definition) is 2. The molecule has 4 atom stereocenters. The lowest BCUT2D eigenvalue weighted by Crippen LogP contribution is -2.64. The average molecular weight is 560 g/mol. The molecule has 5 rings (SSSR count). The second-order valence-electron chi connectivity index (χ2n) is 10.8. The molecule has 2 saturated heterocycles. The number of amides is 3. The van der Waals surface area contributed by atoms with Crippen molar-refractivity contribution in [3.8, 4) is 5.75 Å². The third-order valence-corrected chi connectivity index (χ3v) is 7.73. The Morgan fingerprint density at radius 1 is 1.02 bits per heavy atom. The van der Waals surface area contributed by atoms with Crippen LogP contribution >= 0.6 is 0 Å². The number of nitrogens with one attached hydrogen (secondary N) is 2. The maximum absolute atomic E-state index is 13.8. The van der Waals surface area contributed by atoms with Crippen molar-refractivity contribution >= 4 is 17.7 Å². The van der Waals surface area contributed by atoms with Crippen molar-refractivity contribution in [1.29, 1.82) is 0 Å². The molecule has 0 radical (unpaired) electrons. The van der Waals surface area contributed by atoms with Gasteiger partial charge < -0.3 is 25.0 Å². The van der Waals surface area contributed by atoms with E-state index in [4.69, 9.17) is 9.47 Å². The number of carbonyl (C=O) groups is 3. The summed E-state index contributed by atoms with van der Waals surface area (Å²) in [5, 5.41) is 5.71. The monoisotopic (exact) mass is 559 g/mol. The summed E-state index contributed by atoms with van der Waals surface area (Å²) in [6.07, 6.45) is 1.88. The maximum Gasteiger partial charge on any atom is 0.245 e. The lowest BCUT2D eigenvalue weighted by atomic mass is 9.81. The third-order valence-electron chi connectivity index (χ3n) is 7.73. The van der Waals surface area contributed by atoms with Gasteiger partial charge in [0.2, 0.25) is 17.7 Å². The predicted octanol–water partition coefficient (Wildman–Crippen LogP) is 2.31. The number of nitrogens with zero attached hydrogens (tertiary/aromatic N) is 1. The van der Waals surface area contributed by atoms with Crippen LogP contribution in [0.25, 0.3) is 0 Å². The van der Waals surface area contributed by atoms with E-state index in [2.05, 4.69) is 10.6 Å². The van der Waals surface area contributed by atoms with Crippen LogP contribution in [0.2, 0.25) is 0 Å². The molecular weight excluding hydrogens is 527 g/mol. The summed E-state index contributed by atoms with van der Waals surface area (Å²) >= 11 is 0. The van der Waals surface area contributed by atoms with Gasteiger partial charge in [-0.15, -0.1) is 0 Å². The number of halogens is 3. The van der Waals surface area contributed by atoms with Crippen LogP contribution in [0, 0.1) is 29.3 Å². The summed E-state index contributed by atoms with van der Waals surface area (Å²) in [6.45, 7) is 3.19. The highest BCUT2D eigenvalue weighted by molar-refractivity contribution is 5.87. The number of rotatable bonds is 7. The van der Waals surface area contributed by atoms with Gasteiger partial charge in [0.05, 0.1) is 26.2 Å². The van der Waals surface area contributed by atoms with Gasteiger partial charge in [0.25, 0.3) is 0 Å². The zero-order valence-electron chi connectivity index (χ0n) is 22.2. The van der Waals surface area contributed by atoms with E-state index >= 15 is 0 Å². The first kappa shape index (κ1) is 27.9. The second kappa shape index (κ2) is 11.9. The molecule has 2 aromatic carbocycles. The molecule has 0 saturated carbocycles. The lowest BCUT2D eigenvalue weighted by Gasteiger charge is -2.47. The van der Waals surface area contributed by atoms with Gasteiger partial charge in [-0.25, -0.2) is 13.2 Å². The van der Waals surface area contributed by atoms with Gasteiger partial charge in [0, 0.05) is 44.3 Å². The first-order valence-electron chi connectivity index (χ1n) is 13.5. The highest BCUT2D eigenvalue weighted by Crippen LogP contribution is 2.30. The summed E-state index contributed by atoms with van der Waals surface area (Å²) in [5.74, 6) is -4.82. The Bertz CT molecular complexity index is 1270. The minimum absolute atomic E-state index is 0.0444. The van der Waals surface area contributed by atoms with Crippen molar-refractivity contribution in [3.05, 3.63) is 64.5 Å². The molecule has 2 N–H and O–H groups in total. The van der Waals surface area contributed by atoms with E-state index < -0.39 is 35.3 Å². The zero-order valence-corrected chi connectivity index (χ0v) is 22.2. The molecule has 8 nitrogen and oxygen atoms in total. The Morgan fingerprint density at radius 2 is 1.73 bits per heavy atom. The van der Waals surface area contributed by atoms with Crippen molar-refractivity contribution in [2.75, 3.05) is 32.9 Å². The Morgan fingerprint density at radius 3 is 2.40 bits per heavy atom. The SMILES string of the molecule is CC(=O)N[C@H](Cc1cc(F)c(F)c(F)c1)C(=O)N1C[C@H]2COC[C@@H](C1)C2NC(=O)Cc1ccc2c(c1)CCCO2. The number of aryl methyl sites for hydroxylation is 1. The summed E-state index contributed by atoms with van der Waals surface area (Å²) in [7, 11) is 0. The molecule has 2 bridgehead atoms. The van der Waals surface area contributed by atoms with E-state index in [0.717, 1.165) is 41.9 Å². The van der Waals surface area contributed by atoms with Gasteiger partial charge in [0.1, 0.15) is 11.8 Å². The van der Waals surface area contributed by atoms with E-state index in [9.17, 15) is 27.6 Å². The van der Waals surface area contributed by atoms with Crippen molar-refractivity contribution < 1.29 is 37.0 Å². The summed E-state index contributed by atoms with van der Waals surface area (Å²) in [4.78, 5) is 40.0. The van der Waals surface area contributed by atoms with Gasteiger partial charge >= 0.3 is 0 Å². The summed E-state index contributed by atoms with van der Waals surface area (Å²) in [5.41, 5.74) is 2.05. The highest BCUT2D eigenvalue weighted by Gasteiger charge is 2.43. The standard InChI is InChI=1S/C29H32F3N3O5/c1-16(36)33-24(10-18-8-22(30)27(32)23(31)9-18)29(38)35-12-20-14-39-15-21(13-35)28(20)34-26(37)11-17-4-5-25-19(7-17)3-2-6-40-25/h4-5,7-9,20-21,24,28H,2-3,6,10-15H2,1H3,(H,33,36)(H,34,37)/t20-,21+,24-,28?/m1/s1. The van der Waals surface area contributed by atoms with Crippen LogP contribution in [0.1, 0.15) is 30.0 Å². The zero-order chi connectivity index (χ0) is 28.4. The van der Waals surface area contributed by atoms with Gasteiger partial charge in [0.15, 0.2) is 17.5 Å².